The Hall–Kier alpha value is -1.58. The standard InChI is InChI=1S/C15H20FNO2/c1-2-11-7-9-15(10-8-11,14(18)19)17-13-5-3-12(16)4-6-13/h3-6,11,17H,2,7-10H2,1H3,(H,18,19). The minimum atomic E-state index is -0.899. The number of nitrogens with one attached hydrogen (secondary N) is 1. The van der Waals surface area contributed by atoms with E-state index in [0.29, 0.717) is 24.4 Å². The molecule has 1 fully saturated rings. The van der Waals surface area contributed by atoms with Gasteiger partial charge in [-0.2, -0.15) is 0 Å². The molecule has 0 saturated heterocycles. The highest BCUT2D eigenvalue weighted by Gasteiger charge is 2.41. The van der Waals surface area contributed by atoms with Gasteiger partial charge >= 0.3 is 5.97 Å². The molecule has 0 aliphatic heterocycles. The van der Waals surface area contributed by atoms with Gasteiger partial charge in [-0.1, -0.05) is 13.3 Å². The summed E-state index contributed by atoms with van der Waals surface area (Å²) >= 11 is 0. The molecule has 0 aromatic heterocycles. The number of rotatable bonds is 4. The van der Waals surface area contributed by atoms with E-state index in [4.69, 9.17) is 0 Å². The number of carboxylic acids is 1. The van der Waals surface area contributed by atoms with Crippen molar-refractivity contribution in [3.8, 4) is 0 Å². The van der Waals surface area contributed by atoms with Crippen molar-refractivity contribution in [1.82, 2.24) is 0 Å². The molecule has 1 aliphatic carbocycles. The molecule has 4 heteroatoms. The molecule has 0 unspecified atom stereocenters. The maximum absolute atomic E-state index is 12.9. The van der Waals surface area contributed by atoms with E-state index in [9.17, 15) is 14.3 Å². The minimum Gasteiger partial charge on any atom is -0.480 e. The van der Waals surface area contributed by atoms with Gasteiger partial charge in [0.1, 0.15) is 11.4 Å². The van der Waals surface area contributed by atoms with Crippen molar-refractivity contribution in [3.05, 3.63) is 30.1 Å². The smallest absolute Gasteiger partial charge is 0.329 e. The Kier molecular flexibility index (Phi) is 4.08. The number of carboxylic acid groups (broad SMARTS) is 1. The van der Waals surface area contributed by atoms with Crippen LogP contribution in [0, 0.1) is 11.7 Å². The van der Waals surface area contributed by atoms with E-state index in [1.165, 1.54) is 12.1 Å². The minimum absolute atomic E-state index is 0.315. The van der Waals surface area contributed by atoms with Crippen molar-refractivity contribution in [2.75, 3.05) is 5.32 Å². The summed E-state index contributed by atoms with van der Waals surface area (Å²) in [4.78, 5) is 11.6. The number of hydrogen-bond acceptors (Lipinski definition) is 2. The monoisotopic (exact) mass is 265 g/mol. The molecule has 0 heterocycles. The highest BCUT2D eigenvalue weighted by Crippen LogP contribution is 2.36. The Balaban J connectivity index is 2.12. The number of benzene rings is 1. The number of halogens is 1. The maximum Gasteiger partial charge on any atom is 0.329 e. The van der Waals surface area contributed by atoms with E-state index in [-0.39, 0.29) is 5.82 Å². The van der Waals surface area contributed by atoms with Crippen molar-refractivity contribution in [1.29, 1.82) is 0 Å². The Morgan fingerprint density at radius 2 is 1.95 bits per heavy atom. The van der Waals surface area contributed by atoms with Crippen molar-refractivity contribution < 1.29 is 14.3 Å². The molecule has 0 spiro atoms. The molecule has 1 saturated carbocycles. The SMILES string of the molecule is CCC1CCC(Nc2ccc(F)cc2)(C(=O)O)CC1. The van der Waals surface area contributed by atoms with Crippen molar-refractivity contribution in [2.24, 2.45) is 5.92 Å². The third-order valence-corrected chi connectivity index (χ3v) is 4.17. The molecule has 19 heavy (non-hydrogen) atoms. The third kappa shape index (κ3) is 3.06. The van der Waals surface area contributed by atoms with Gasteiger partial charge in [0, 0.05) is 5.69 Å². The first-order valence-electron chi connectivity index (χ1n) is 6.83. The highest BCUT2D eigenvalue weighted by molar-refractivity contribution is 5.83. The Bertz CT molecular complexity index is 436. The van der Waals surface area contributed by atoms with Crippen LogP contribution in [0.5, 0.6) is 0 Å². The van der Waals surface area contributed by atoms with E-state index >= 15 is 0 Å². The molecule has 0 amide bonds. The fraction of sp³-hybridized carbons (Fsp3) is 0.533. The Labute approximate surface area is 112 Å². The zero-order valence-corrected chi connectivity index (χ0v) is 11.2. The molecular weight excluding hydrogens is 245 g/mol. The highest BCUT2D eigenvalue weighted by atomic mass is 19.1. The summed E-state index contributed by atoms with van der Waals surface area (Å²) in [7, 11) is 0. The lowest BCUT2D eigenvalue weighted by Gasteiger charge is -2.38. The van der Waals surface area contributed by atoms with Crippen LogP contribution in [0.25, 0.3) is 0 Å². The number of aliphatic carboxylic acids is 1. The lowest BCUT2D eigenvalue weighted by molar-refractivity contribution is -0.143. The van der Waals surface area contributed by atoms with Gasteiger partial charge < -0.3 is 10.4 Å². The number of carbonyl (C=O) groups is 1. The Morgan fingerprint density at radius 3 is 2.42 bits per heavy atom. The second-order valence-corrected chi connectivity index (χ2v) is 5.37. The first-order chi connectivity index (χ1) is 9.05. The largest absolute Gasteiger partial charge is 0.480 e. The van der Waals surface area contributed by atoms with Crippen LogP contribution in [0.2, 0.25) is 0 Å². The molecular formula is C15H20FNO2. The lowest BCUT2D eigenvalue weighted by Crippen LogP contribution is -2.49. The summed E-state index contributed by atoms with van der Waals surface area (Å²) < 4.78 is 12.9. The fourth-order valence-corrected chi connectivity index (χ4v) is 2.78. The van der Waals surface area contributed by atoms with Gasteiger partial charge in [0.05, 0.1) is 0 Å². The lowest BCUT2D eigenvalue weighted by atomic mass is 9.75. The molecule has 0 radical (unpaired) electrons. The van der Waals surface area contributed by atoms with E-state index < -0.39 is 11.5 Å². The van der Waals surface area contributed by atoms with Crippen LogP contribution >= 0.6 is 0 Å². The summed E-state index contributed by atoms with van der Waals surface area (Å²) in [6.07, 6.45) is 4.21. The van der Waals surface area contributed by atoms with Crippen LogP contribution in [0.15, 0.2) is 24.3 Å². The summed E-state index contributed by atoms with van der Waals surface area (Å²) in [5, 5.41) is 12.6. The molecule has 3 nitrogen and oxygen atoms in total. The van der Waals surface area contributed by atoms with Crippen molar-refractivity contribution in [2.45, 2.75) is 44.6 Å². The summed E-state index contributed by atoms with van der Waals surface area (Å²) in [5.74, 6) is -0.501. The molecule has 1 aromatic carbocycles. The summed E-state index contributed by atoms with van der Waals surface area (Å²) in [6.45, 7) is 2.14. The normalized spacial score (nSPS) is 26.9. The number of anilines is 1. The van der Waals surface area contributed by atoms with Crippen molar-refractivity contribution >= 4 is 11.7 Å². The molecule has 0 atom stereocenters. The molecule has 104 valence electrons. The third-order valence-electron chi connectivity index (χ3n) is 4.17. The molecule has 2 N–H and O–H groups in total. The first kappa shape index (κ1) is 13.8. The fourth-order valence-electron chi connectivity index (χ4n) is 2.78. The van der Waals surface area contributed by atoms with Gasteiger partial charge in [0.25, 0.3) is 0 Å². The molecule has 2 rings (SSSR count). The zero-order valence-electron chi connectivity index (χ0n) is 11.2. The van der Waals surface area contributed by atoms with Gasteiger partial charge in [0.15, 0.2) is 0 Å². The van der Waals surface area contributed by atoms with Crippen LogP contribution in [0.1, 0.15) is 39.0 Å². The van der Waals surface area contributed by atoms with E-state index in [2.05, 4.69) is 12.2 Å². The predicted molar refractivity (Wildman–Crippen MR) is 72.6 cm³/mol. The second-order valence-electron chi connectivity index (χ2n) is 5.37. The maximum atomic E-state index is 12.9. The van der Waals surface area contributed by atoms with E-state index in [1.807, 2.05) is 0 Å². The first-order valence-corrected chi connectivity index (χ1v) is 6.83. The topological polar surface area (TPSA) is 49.3 Å². The average Bonchev–Trinajstić information content (AvgIpc) is 2.42. The van der Waals surface area contributed by atoms with Crippen LogP contribution in [0.3, 0.4) is 0 Å². The van der Waals surface area contributed by atoms with Gasteiger partial charge in [-0.3, -0.25) is 0 Å². The summed E-state index contributed by atoms with van der Waals surface area (Å²) in [6, 6.07) is 5.86. The zero-order chi connectivity index (χ0) is 13.9. The van der Waals surface area contributed by atoms with Crippen LogP contribution in [-0.2, 0) is 4.79 Å². The van der Waals surface area contributed by atoms with Gasteiger partial charge in [-0.25, -0.2) is 9.18 Å². The van der Waals surface area contributed by atoms with Crippen molar-refractivity contribution in [3.63, 3.8) is 0 Å². The molecule has 0 bridgehead atoms. The van der Waals surface area contributed by atoms with E-state index in [0.717, 1.165) is 19.3 Å². The van der Waals surface area contributed by atoms with Crippen LogP contribution < -0.4 is 5.32 Å². The van der Waals surface area contributed by atoms with Crippen LogP contribution in [-0.4, -0.2) is 16.6 Å². The average molecular weight is 265 g/mol. The quantitative estimate of drug-likeness (QED) is 0.873. The molecule has 1 aliphatic rings. The summed E-state index contributed by atoms with van der Waals surface area (Å²) in [5.41, 5.74) is -0.234. The predicted octanol–water partition coefficient (Wildman–Crippen LogP) is 3.66. The second kappa shape index (κ2) is 5.59. The van der Waals surface area contributed by atoms with Gasteiger partial charge in [-0.05, 0) is 55.9 Å². The Morgan fingerprint density at radius 1 is 1.37 bits per heavy atom. The van der Waals surface area contributed by atoms with Crippen LogP contribution in [0.4, 0.5) is 10.1 Å². The van der Waals surface area contributed by atoms with Gasteiger partial charge in [-0.15, -0.1) is 0 Å². The molecule has 1 aromatic rings. The van der Waals surface area contributed by atoms with Gasteiger partial charge in [0.2, 0.25) is 0 Å². The number of hydrogen-bond donors (Lipinski definition) is 2. The van der Waals surface area contributed by atoms with E-state index in [1.54, 1.807) is 12.1 Å².